The van der Waals surface area contributed by atoms with Gasteiger partial charge in [-0.1, -0.05) is 18.2 Å². The van der Waals surface area contributed by atoms with E-state index in [1.54, 1.807) is 20.1 Å². The van der Waals surface area contributed by atoms with Crippen LogP contribution in [-0.2, 0) is 4.79 Å². The zero-order chi connectivity index (χ0) is 18.5. The number of hydrogen-bond acceptors (Lipinski definition) is 4. The molecule has 2 aromatic rings. The van der Waals surface area contributed by atoms with Crippen molar-refractivity contribution in [2.75, 3.05) is 38.2 Å². The third kappa shape index (κ3) is 4.28. The number of carbonyl (C=O) groups excluding carboxylic acids is 1. The number of carbonyl (C=O) groups is 1. The maximum Gasteiger partial charge on any atom is 0.263 e. The maximum absolute atomic E-state index is 12.7. The van der Waals surface area contributed by atoms with E-state index in [0.29, 0.717) is 24.6 Å². The highest BCUT2D eigenvalue weighted by molar-refractivity contribution is 5.81. The molecule has 26 heavy (non-hydrogen) atoms. The highest BCUT2D eigenvalue weighted by Crippen LogP contribution is 2.21. The molecule has 0 N–H and O–H groups in total. The van der Waals surface area contributed by atoms with Gasteiger partial charge in [-0.2, -0.15) is 0 Å². The number of benzene rings is 2. The minimum absolute atomic E-state index is 0.0247. The van der Waals surface area contributed by atoms with Crippen LogP contribution in [0.3, 0.4) is 0 Å². The highest BCUT2D eigenvalue weighted by Gasteiger charge is 2.26. The Morgan fingerprint density at radius 3 is 2.38 bits per heavy atom. The van der Waals surface area contributed by atoms with Gasteiger partial charge in [0.25, 0.3) is 5.91 Å². The molecule has 2 aromatic carbocycles. The number of hydrogen-bond donors (Lipinski definition) is 0. The van der Waals surface area contributed by atoms with Gasteiger partial charge < -0.3 is 19.3 Å². The number of piperazine rings is 1. The van der Waals surface area contributed by atoms with Gasteiger partial charge >= 0.3 is 0 Å². The third-order valence-electron chi connectivity index (χ3n) is 4.66. The quantitative estimate of drug-likeness (QED) is 0.827. The summed E-state index contributed by atoms with van der Waals surface area (Å²) < 4.78 is 11.0. The number of rotatable bonds is 5. The van der Waals surface area contributed by atoms with Gasteiger partial charge in [0.05, 0.1) is 7.11 Å². The van der Waals surface area contributed by atoms with Crippen LogP contribution in [0.25, 0.3) is 0 Å². The van der Waals surface area contributed by atoms with Gasteiger partial charge in [0.15, 0.2) is 6.10 Å². The minimum atomic E-state index is -0.521. The van der Waals surface area contributed by atoms with Crippen molar-refractivity contribution in [2.45, 2.75) is 20.0 Å². The molecule has 5 nitrogen and oxygen atoms in total. The van der Waals surface area contributed by atoms with Gasteiger partial charge in [-0.25, -0.2) is 0 Å². The minimum Gasteiger partial charge on any atom is -0.497 e. The van der Waals surface area contributed by atoms with E-state index in [0.717, 1.165) is 13.1 Å². The van der Waals surface area contributed by atoms with Crippen LogP contribution in [0.4, 0.5) is 5.69 Å². The van der Waals surface area contributed by atoms with E-state index in [1.807, 2.05) is 23.1 Å². The standard InChI is InChI=1S/C21H26N2O3/c1-16-6-4-7-18(14-16)22-10-12-23(13-11-22)21(24)17(2)26-20-9-5-8-19(15-20)25-3/h4-9,14-15,17H,10-13H2,1-3H3. The summed E-state index contributed by atoms with van der Waals surface area (Å²) in [7, 11) is 1.61. The van der Waals surface area contributed by atoms with Gasteiger partial charge in [-0.3, -0.25) is 4.79 Å². The molecule has 0 aromatic heterocycles. The number of anilines is 1. The molecule has 1 atom stereocenters. The molecule has 1 unspecified atom stereocenters. The molecule has 0 aliphatic carbocycles. The van der Waals surface area contributed by atoms with Crippen LogP contribution in [0.1, 0.15) is 12.5 Å². The average molecular weight is 354 g/mol. The van der Waals surface area contributed by atoms with Crippen LogP contribution in [0.5, 0.6) is 11.5 Å². The second-order valence-electron chi connectivity index (χ2n) is 6.59. The van der Waals surface area contributed by atoms with Crippen LogP contribution in [0, 0.1) is 6.92 Å². The largest absolute Gasteiger partial charge is 0.497 e. The first-order valence-corrected chi connectivity index (χ1v) is 8.98. The Labute approximate surface area is 155 Å². The molecule has 0 saturated carbocycles. The molecule has 1 heterocycles. The molecule has 0 spiro atoms. The first-order valence-electron chi connectivity index (χ1n) is 8.98. The predicted octanol–water partition coefficient (Wildman–Crippen LogP) is 3.12. The Morgan fingerprint density at radius 2 is 1.69 bits per heavy atom. The molecular formula is C21H26N2O3. The summed E-state index contributed by atoms with van der Waals surface area (Å²) in [6, 6.07) is 15.8. The van der Waals surface area contributed by atoms with Crippen LogP contribution in [-0.4, -0.2) is 50.2 Å². The van der Waals surface area contributed by atoms with Crippen LogP contribution in [0.2, 0.25) is 0 Å². The Balaban J connectivity index is 1.55. The van der Waals surface area contributed by atoms with Crippen LogP contribution in [0.15, 0.2) is 48.5 Å². The van der Waals surface area contributed by atoms with E-state index in [-0.39, 0.29) is 5.91 Å². The SMILES string of the molecule is COc1cccc(OC(C)C(=O)N2CCN(c3cccc(C)c3)CC2)c1. The number of methoxy groups -OCH3 is 1. The Morgan fingerprint density at radius 1 is 1.00 bits per heavy atom. The molecule has 0 radical (unpaired) electrons. The maximum atomic E-state index is 12.7. The molecule has 3 rings (SSSR count). The van der Waals surface area contributed by atoms with Gasteiger partial charge in [0.2, 0.25) is 0 Å². The Kier molecular flexibility index (Phi) is 5.66. The van der Waals surface area contributed by atoms with E-state index >= 15 is 0 Å². The van der Waals surface area contributed by atoms with Crippen molar-refractivity contribution in [1.29, 1.82) is 0 Å². The highest BCUT2D eigenvalue weighted by atomic mass is 16.5. The number of aryl methyl sites for hydroxylation is 1. The second kappa shape index (κ2) is 8.13. The van der Waals surface area contributed by atoms with Crippen molar-refractivity contribution in [2.24, 2.45) is 0 Å². The first kappa shape index (κ1) is 18.1. The van der Waals surface area contributed by atoms with E-state index < -0.39 is 6.10 Å². The van der Waals surface area contributed by atoms with Crippen molar-refractivity contribution in [3.63, 3.8) is 0 Å². The zero-order valence-electron chi connectivity index (χ0n) is 15.6. The fourth-order valence-electron chi connectivity index (χ4n) is 3.20. The normalized spacial score (nSPS) is 15.5. The van der Waals surface area contributed by atoms with Gasteiger partial charge in [0, 0.05) is 37.9 Å². The topological polar surface area (TPSA) is 42.0 Å². The molecule has 1 aliphatic heterocycles. The number of nitrogens with zero attached hydrogens (tertiary/aromatic N) is 2. The zero-order valence-corrected chi connectivity index (χ0v) is 15.6. The van der Waals surface area contributed by atoms with Crippen molar-refractivity contribution in [1.82, 2.24) is 4.90 Å². The molecule has 5 heteroatoms. The number of ether oxygens (including phenoxy) is 2. The third-order valence-corrected chi connectivity index (χ3v) is 4.66. The molecule has 1 saturated heterocycles. The summed E-state index contributed by atoms with van der Waals surface area (Å²) in [5.41, 5.74) is 2.47. The van der Waals surface area contributed by atoms with Crippen LogP contribution >= 0.6 is 0 Å². The van der Waals surface area contributed by atoms with Crippen molar-refractivity contribution in [3.05, 3.63) is 54.1 Å². The lowest BCUT2D eigenvalue weighted by Crippen LogP contribution is -2.52. The van der Waals surface area contributed by atoms with Gasteiger partial charge in [-0.05, 0) is 43.7 Å². The van der Waals surface area contributed by atoms with Gasteiger partial charge in [0.1, 0.15) is 11.5 Å². The summed E-state index contributed by atoms with van der Waals surface area (Å²) in [5, 5.41) is 0. The van der Waals surface area contributed by atoms with Crippen LogP contribution < -0.4 is 14.4 Å². The molecule has 1 aliphatic rings. The van der Waals surface area contributed by atoms with Crippen molar-refractivity contribution in [3.8, 4) is 11.5 Å². The van der Waals surface area contributed by atoms with Crippen molar-refractivity contribution < 1.29 is 14.3 Å². The Bertz CT molecular complexity index is 754. The van der Waals surface area contributed by atoms with E-state index in [2.05, 4.69) is 36.1 Å². The summed E-state index contributed by atoms with van der Waals surface area (Å²) in [4.78, 5) is 16.9. The first-order chi connectivity index (χ1) is 12.6. The smallest absolute Gasteiger partial charge is 0.263 e. The Hall–Kier alpha value is -2.69. The number of amides is 1. The molecule has 0 bridgehead atoms. The predicted molar refractivity (Wildman–Crippen MR) is 103 cm³/mol. The van der Waals surface area contributed by atoms with Crippen molar-refractivity contribution >= 4 is 11.6 Å². The summed E-state index contributed by atoms with van der Waals surface area (Å²) in [6.45, 7) is 6.98. The lowest BCUT2D eigenvalue weighted by Gasteiger charge is -2.37. The second-order valence-corrected chi connectivity index (χ2v) is 6.59. The summed E-state index contributed by atoms with van der Waals surface area (Å²) in [5.74, 6) is 1.38. The monoisotopic (exact) mass is 354 g/mol. The molecule has 138 valence electrons. The fourth-order valence-corrected chi connectivity index (χ4v) is 3.20. The van der Waals surface area contributed by atoms with E-state index in [9.17, 15) is 4.79 Å². The lowest BCUT2D eigenvalue weighted by molar-refractivity contribution is -0.138. The average Bonchev–Trinajstić information content (AvgIpc) is 2.67. The fraction of sp³-hybridized carbons (Fsp3) is 0.381. The van der Waals surface area contributed by atoms with E-state index in [4.69, 9.17) is 9.47 Å². The molecule has 1 amide bonds. The van der Waals surface area contributed by atoms with E-state index in [1.165, 1.54) is 11.3 Å². The summed E-state index contributed by atoms with van der Waals surface area (Å²) >= 11 is 0. The molecular weight excluding hydrogens is 328 g/mol. The summed E-state index contributed by atoms with van der Waals surface area (Å²) in [6.07, 6.45) is -0.521. The molecule has 1 fully saturated rings. The van der Waals surface area contributed by atoms with Gasteiger partial charge in [-0.15, -0.1) is 0 Å². The lowest BCUT2D eigenvalue weighted by atomic mass is 10.2.